The molecule has 3 heteroatoms. The minimum absolute atomic E-state index is 0.168. The van der Waals surface area contributed by atoms with E-state index in [-0.39, 0.29) is 11.5 Å². The molecule has 0 saturated heterocycles. The Hall–Kier alpha value is -2.75. The Kier molecular flexibility index (Phi) is 9.57. The van der Waals surface area contributed by atoms with E-state index in [0.717, 1.165) is 17.6 Å². The van der Waals surface area contributed by atoms with E-state index in [1.165, 1.54) is 38.9 Å². The minimum atomic E-state index is -0.256. The molecule has 2 nitrogen and oxygen atoms in total. The third-order valence-corrected chi connectivity index (χ3v) is 7.21. The van der Waals surface area contributed by atoms with Crippen LogP contribution in [0.15, 0.2) is 78.3 Å². The van der Waals surface area contributed by atoms with Gasteiger partial charge in [-0.1, -0.05) is 72.9 Å². The van der Waals surface area contributed by atoms with E-state index in [1.54, 1.807) is 18.3 Å². The van der Waals surface area contributed by atoms with Crippen molar-refractivity contribution in [3.8, 4) is 0 Å². The highest BCUT2D eigenvalue weighted by molar-refractivity contribution is 7.10. The van der Waals surface area contributed by atoms with Crippen LogP contribution >= 0.6 is 11.3 Å². The second-order valence-electron chi connectivity index (χ2n) is 8.70. The summed E-state index contributed by atoms with van der Waals surface area (Å²) in [6.07, 6.45) is 13.1. The molecule has 0 saturated carbocycles. The van der Waals surface area contributed by atoms with E-state index in [0.29, 0.717) is 0 Å². The standard InChI is InChI=1S/C28H33NS.C2H5N/c1-8-10-20(4)15-21(5)25-17-26(30-18-25)28(6,29-7)27(19(2)3)24-14-13-22-11-9-12-23(22)16-24;1-2-3/h8-10,12-18,27,29H,2,5,11H2,1,3-4,6-7H3;2-3H,1H3/b10-8-,20-15-;/t27?,28-;/m1./s1. The van der Waals surface area contributed by atoms with Crippen molar-refractivity contribution in [1.29, 1.82) is 5.41 Å². The van der Waals surface area contributed by atoms with E-state index < -0.39 is 0 Å². The fourth-order valence-electron chi connectivity index (χ4n) is 4.41. The van der Waals surface area contributed by atoms with Gasteiger partial charge in [0.2, 0.25) is 0 Å². The zero-order valence-corrected chi connectivity index (χ0v) is 21.8. The highest BCUT2D eigenvalue weighted by atomic mass is 32.1. The van der Waals surface area contributed by atoms with Crippen LogP contribution < -0.4 is 5.32 Å². The van der Waals surface area contributed by atoms with E-state index in [4.69, 9.17) is 5.41 Å². The Morgan fingerprint density at radius 2 is 1.91 bits per heavy atom. The van der Waals surface area contributed by atoms with Crippen LogP contribution in [0.25, 0.3) is 11.6 Å². The van der Waals surface area contributed by atoms with Crippen molar-refractivity contribution >= 4 is 29.2 Å². The van der Waals surface area contributed by atoms with Gasteiger partial charge in [0, 0.05) is 10.8 Å². The zero-order chi connectivity index (χ0) is 24.6. The number of benzene rings is 1. The second-order valence-corrected chi connectivity index (χ2v) is 9.61. The molecule has 33 heavy (non-hydrogen) atoms. The molecule has 2 aromatic rings. The third-order valence-electron chi connectivity index (χ3n) is 6.04. The summed E-state index contributed by atoms with van der Waals surface area (Å²) in [5.41, 5.74) is 8.38. The molecule has 174 valence electrons. The maximum absolute atomic E-state index is 6.08. The van der Waals surface area contributed by atoms with Gasteiger partial charge in [0.1, 0.15) is 0 Å². The number of likely N-dealkylation sites (N-methyl/N-ethyl adjacent to an activating group) is 1. The molecule has 0 fully saturated rings. The van der Waals surface area contributed by atoms with Gasteiger partial charge in [0.15, 0.2) is 0 Å². The summed E-state index contributed by atoms with van der Waals surface area (Å²) in [6, 6.07) is 9.17. The molecule has 0 spiro atoms. The van der Waals surface area contributed by atoms with Crippen molar-refractivity contribution in [1.82, 2.24) is 5.32 Å². The predicted molar refractivity (Wildman–Crippen MR) is 150 cm³/mol. The first-order valence-electron chi connectivity index (χ1n) is 11.4. The molecule has 3 rings (SSSR count). The first kappa shape index (κ1) is 26.5. The van der Waals surface area contributed by atoms with Crippen LogP contribution in [-0.2, 0) is 12.0 Å². The number of fused-ring (bicyclic) bond motifs is 1. The maximum Gasteiger partial charge on any atom is 0.0604 e. The molecule has 0 aliphatic heterocycles. The van der Waals surface area contributed by atoms with Crippen molar-refractivity contribution < 1.29 is 0 Å². The number of hydrogen-bond acceptors (Lipinski definition) is 3. The van der Waals surface area contributed by atoms with Gasteiger partial charge in [-0.25, -0.2) is 0 Å². The normalized spacial score (nSPS) is 15.4. The number of nitrogens with one attached hydrogen (secondary N) is 2. The zero-order valence-electron chi connectivity index (χ0n) is 21.0. The van der Waals surface area contributed by atoms with Crippen molar-refractivity contribution in [3.05, 3.63) is 105 Å². The van der Waals surface area contributed by atoms with Crippen molar-refractivity contribution in [3.63, 3.8) is 0 Å². The van der Waals surface area contributed by atoms with Crippen molar-refractivity contribution in [2.45, 2.75) is 52.5 Å². The molecule has 0 bridgehead atoms. The smallest absolute Gasteiger partial charge is 0.0604 e. The van der Waals surface area contributed by atoms with E-state index >= 15 is 0 Å². The Morgan fingerprint density at radius 3 is 2.52 bits per heavy atom. The molecule has 0 radical (unpaired) electrons. The van der Waals surface area contributed by atoms with Crippen LogP contribution in [0.4, 0.5) is 0 Å². The summed E-state index contributed by atoms with van der Waals surface area (Å²) >= 11 is 1.79. The summed E-state index contributed by atoms with van der Waals surface area (Å²) in [4.78, 5) is 1.29. The summed E-state index contributed by atoms with van der Waals surface area (Å²) in [5, 5.41) is 11.9. The highest BCUT2D eigenvalue weighted by Crippen LogP contribution is 2.44. The second kappa shape index (κ2) is 11.9. The van der Waals surface area contributed by atoms with Gasteiger partial charge in [0.05, 0.1) is 5.54 Å². The molecule has 1 aliphatic carbocycles. The molecular weight excluding hydrogens is 420 g/mol. The SMILES string of the molecule is C=C(/C=C(C)\C=C/C)c1csc([C@@](C)(NC)C(C(=C)C)c2ccc3c(c2)C=CC3)c1.CC=N. The fourth-order valence-corrected chi connectivity index (χ4v) is 5.55. The van der Waals surface area contributed by atoms with Crippen LogP contribution in [0, 0.1) is 5.41 Å². The largest absolute Gasteiger partial charge is 0.313 e. The number of rotatable bonds is 8. The summed E-state index contributed by atoms with van der Waals surface area (Å²) < 4.78 is 0. The molecule has 2 N–H and O–H groups in total. The first-order valence-corrected chi connectivity index (χ1v) is 12.3. The van der Waals surface area contributed by atoms with Gasteiger partial charge in [-0.3, -0.25) is 0 Å². The quantitative estimate of drug-likeness (QED) is 0.233. The van der Waals surface area contributed by atoms with Crippen LogP contribution in [0.3, 0.4) is 0 Å². The molecular formula is C30H38N2S. The van der Waals surface area contributed by atoms with Gasteiger partial charge in [0.25, 0.3) is 0 Å². The summed E-state index contributed by atoms with van der Waals surface area (Å²) in [6.45, 7) is 18.9. The maximum atomic E-state index is 6.08. The van der Waals surface area contributed by atoms with Crippen LogP contribution in [0.5, 0.6) is 0 Å². The Balaban J connectivity index is 0.00000122. The van der Waals surface area contributed by atoms with Crippen LogP contribution in [0.1, 0.15) is 67.7 Å². The molecule has 2 atom stereocenters. The third kappa shape index (κ3) is 6.19. The fraction of sp³-hybridized carbons (Fsp3) is 0.300. The monoisotopic (exact) mass is 458 g/mol. The lowest BCUT2D eigenvalue weighted by Crippen LogP contribution is -2.42. The average molecular weight is 459 g/mol. The minimum Gasteiger partial charge on any atom is -0.313 e. The van der Waals surface area contributed by atoms with Gasteiger partial charge in [-0.15, -0.1) is 11.3 Å². The average Bonchev–Trinajstić information content (AvgIpc) is 3.44. The lowest BCUT2D eigenvalue weighted by molar-refractivity contribution is 0.356. The van der Waals surface area contributed by atoms with Gasteiger partial charge in [-0.05, 0) is 93.6 Å². The molecule has 1 unspecified atom stereocenters. The molecule has 1 aliphatic rings. The van der Waals surface area contributed by atoms with Gasteiger partial charge >= 0.3 is 0 Å². The van der Waals surface area contributed by atoms with Gasteiger partial charge in [-0.2, -0.15) is 0 Å². The predicted octanol–water partition coefficient (Wildman–Crippen LogP) is 8.30. The number of allylic oxidation sites excluding steroid dienone is 6. The van der Waals surface area contributed by atoms with Gasteiger partial charge < -0.3 is 10.7 Å². The molecule has 1 aromatic carbocycles. The van der Waals surface area contributed by atoms with E-state index in [1.807, 2.05) is 14.0 Å². The lowest BCUT2D eigenvalue weighted by Gasteiger charge is -2.38. The van der Waals surface area contributed by atoms with Crippen LogP contribution in [0.2, 0.25) is 0 Å². The van der Waals surface area contributed by atoms with E-state index in [2.05, 4.69) is 99.3 Å². The summed E-state index contributed by atoms with van der Waals surface area (Å²) in [5.74, 6) is 0.168. The van der Waals surface area contributed by atoms with E-state index in [9.17, 15) is 0 Å². The summed E-state index contributed by atoms with van der Waals surface area (Å²) in [7, 11) is 2.05. The number of thiophene rings is 1. The Labute approximate surface area is 204 Å². The molecule has 1 aromatic heterocycles. The highest BCUT2D eigenvalue weighted by Gasteiger charge is 2.37. The molecule has 1 heterocycles. The Bertz CT molecular complexity index is 1100. The topological polar surface area (TPSA) is 35.9 Å². The number of hydrogen-bond donors (Lipinski definition) is 2. The van der Waals surface area contributed by atoms with Crippen molar-refractivity contribution in [2.75, 3.05) is 7.05 Å². The lowest BCUT2D eigenvalue weighted by atomic mass is 9.75. The first-order chi connectivity index (χ1) is 15.7. The van der Waals surface area contributed by atoms with Crippen LogP contribution in [-0.4, -0.2) is 13.3 Å². The molecule has 0 amide bonds. The Morgan fingerprint density at radius 1 is 1.21 bits per heavy atom. The van der Waals surface area contributed by atoms with Crippen molar-refractivity contribution in [2.24, 2.45) is 0 Å².